The summed E-state index contributed by atoms with van der Waals surface area (Å²) in [5.74, 6) is 1.62. The SMILES string of the molecule is C[C@H](Oc1cc(-c2cnn(C3CCN(C(=O)COCCOCCO)CC3)c2)cnc1N)c1c(Cl)ccc(F)c1Cl.Cc1ccc(Cl)c([C@H](C)Oc2cc(-c3cnn(C4CCN(C(=O)CCCCCN)CC4)c3)cnc2N)c1Cl.Cc1ccc(Cl)c([C@H](C)Oc2cc(-c3cnn(C4CCNCC4)c3)cnc2N)c1Cl. The average molecular weight is 1600 g/mol. The Morgan fingerprint density at radius 2 is 0.907 bits per heavy atom. The van der Waals surface area contributed by atoms with Gasteiger partial charge in [-0.05, 0) is 159 Å². The first-order chi connectivity index (χ1) is 52.0. The molecule has 3 aliphatic rings. The first-order valence-electron chi connectivity index (χ1n) is 36.2. The lowest BCUT2D eigenvalue weighted by atomic mass is 10.0. The molecule has 12 rings (SSSR count). The zero-order valence-corrected chi connectivity index (χ0v) is 65.6. The van der Waals surface area contributed by atoms with Crippen molar-refractivity contribution in [3.8, 4) is 50.6 Å². The molecule has 9 aromatic rings. The van der Waals surface area contributed by atoms with Crippen LogP contribution in [0, 0.1) is 19.7 Å². The first kappa shape index (κ1) is 82.4. The normalized spacial score (nSPS) is 15.2. The van der Waals surface area contributed by atoms with Crippen LogP contribution in [0.4, 0.5) is 21.8 Å². The monoisotopic (exact) mass is 1600 g/mol. The number of amides is 2. The van der Waals surface area contributed by atoms with Gasteiger partial charge in [0.1, 0.15) is 30.7 Å². The molecule has 6 aromatic heterocycles. The van der Waals surface area contributed by atoms with E-state index < -0.39 is 18.0 Å². The molecule has 3 aliphatic heterocycles. The Hall–Kier alpha value is -8.05. The number of nitrogens with one attached hydrogen (secondary N) is 1. The minimum absolute atomic E-state index is 0.00382. The number of likely N-dealkylation sites (tertiary alicyclic amines) is 2. The quantitative estimate of drug-likeness (QED) is 0.0206. The van der Waals surface area contributed by atoms with Gasteiger partial charge in [0.25, 0.3) is 0 Å². The standard InChI is InChI=1S/C28H36Cl2N6O2.C27H32Cl2FN5O5.C22H25Cl2N5O/c1-18-7-8-23(29)26(27(18)30)19(2)38-24-14-20(15-33-28(24)32)21-16-34-36(17-21)22-9-12-35(13-10-22)25(37)6-4-3-5-11-31;1-17(25-21(28)2-3-22(30)26(25)29)40-23-12-18(13-32-27(23)31)19-14-33-35(15-19)20-4-6-34(7-5-20)24(37)16-39-11-10-38-9-8-36;1-13-3-4-18(23)20(21(13)24)14(2)30-19-9-15(10-27-22(19)25)16-11-28-29(12-16)17-5-7-26-8-6-17/h7-8,14-17,19,22H,3-6,9-13,31H2,1-2H3,(H2,32,33);2-3,12-15,17,20,36H,4-11,16H2,1H3,(H2,31,32);3-4,9-12,14,17,26H,5-8H2,1-2H3,(H2,25,27)/t19-;17-;14-/m000/s1. The predicted octanol–water partition coefficient (Wildman–Crippen LogP) is 15.5. The van der Waals surface area contributed by atoms with Gasteiger partial charge in [-0.3, -0.25) is 23.6 Å². The molecule has 0 aliphatic carbocycles. The van der Waals surface area contributed by atoms with Gasteiger partial charge in [-0.2, -0.15) is 15.3 Å². The fraction of sp³-hybridized carbons (Fsp3) is 0.429. The molecule has 0 unspecified atom stereocenters. The fourth-order valence-electron chi connectivity index (χ4n) is 13.1. The molecule has 3 atom stereocenters. The number of aliphatic hydroxyl groups excluding tert-OH is 1. The van der Waals surface area contributed by atoms with Gasteiger partial charge in [0.05, 0.1) is 78.2 Å². The highest BCUT2D eigenvalue weighted by Crippen LogP contribution is 2.42. The number of carbonyl (C=O) groups is 2. The van der Waals surface area contributed by atoms with Crippen LogP contribution < -0.4 is 42.5 Å². The highest BCUT2D eigenvalue weighted by atomic mass is 35.5. The molecular weight excluding hydrogens is 1510 g/mol. The topological polar surface area (TPSA) is 315 Å². The molecular formula is C77H93Cl6FN16O8. The minimum Gasteiger partial charge on any atom is -0.482 e. The Morgan fingerprint density at radius 3 is 1.32 bits per heavy atom. The number of halogens is 7. The number of hydrogen-bond donors (Lipinski definition) is 6. The number of unbranched alkanes of at least 4 members (excludes halogenated alkanes) is 2. The number of anilines is 3. The van der Waals surface area contributed by atoms with Crippen molar-refractivity contribution in [3.05, 3.63) is 174 Å². The molecule has 3 saturated heterocycles. The first-order valence-corrected chi connectivity index (χ1v) is 38.4. The Bertz CT molecular complexity index is 4490. The number of piperidine rings is 3. The molecule has 9 heterocycles. The van der Waals surface area contributed by atoms with Crippen molar-refractivity contribution in [2.45, 2.75) is 135 Å². The Kier molecular flexibility index (Phi) is 30.2. The zero-order valence-electron chi connectivity index (χ0n) is 61.1. The maximum absolute atomic E-state index is 14.0. The third-order valence-electron chi connectivity index (χ3n) is 19.3. The summed E-state index contributed by atoms with van der Waals surface area (Å²) in [7, 11) is 0. The second-order valence-electron chi connectivity index (χ2n) is 26.9. The van der Waals surface area contributed by atoms with Gasteiger partial charge in [0.15, 0.2) is 34.7 Å². The van der Waals surface area contributed by atoms with Gasteiger partial charge >= 0.3 is 0 Å². The lowest BCUT2D eigenvalue weighted by Crippen LogP contribution is -2.41. The molecule has 31 heteroatoms. The summed E-state index contributed by atoms with van der Waals surface area (Å²) in [6, 6.07) is 16.3. The summed E-state index contributed by atoms with van der Waals surface area (Å²) < 4.78 is 48.8. The van der Waals surface area contributed by atoms with Gasteiger partial charge in [-0.1, -0.05) is 88.2 Å². The van der Waals surface area contributed by atoms with Crippen LogP contribution >= 0.6 is 69.6 Å². The summed E-state index contributed by atoms with van der Waals surface area (Å²) in [5, 5.41) is 28.2. The lowest BCUT2D eigenvalue weighted by Gasteiger charge is -2.32. The Labute approximate surface area is 658 Å². The lowest BCUT2D eigenvalue weighted by molar-refractivity contribution is -0.138. The number of nitrogen functional groups attached to an aromatic ring is 3. The van der Waals surface area contributed by atoms with E-state index in [0.717, 1.165) is 134 Å². The van der Waals surface area contributed by atoms with Gasteiger partial charge in [-0.25, -0.2) is 19.3 Å². The van der Waals surface area contributed by atoms with Crippen molar-refractivity contribution in [1.29, 1.82) is 0 Å². The number of aryl methyl sites for hydroxylation is 2. The second-order valence-corrected chi connectivity index (χ2v) is 29.2. The molecule has 24 nitrogen and oxygen atoms in total. The molecule has 578 valence electrons. The number of rotatable bonds is 27. The molecule has 0 spiro atoms. The van der Waals surface area contributed by atoms with Crippen LogP contribution in [0.2, 0.25) is 30.1 Å². The Balaban J connectivity index is 0.000000175. The van der Waals surface area contributed by atoms with Gasteiger partial charge < -0.3 is 66.8 Å². The summed E-state index contributed by atoms with van der Waals surface area (Å²) in [5.41, 5.74) is 32.7. The van der Waals surface area contributed by atoms with Crippen LogP contribution in [0.5, 0.6) is 17.2 Å². The van der Waals surface area contributed by atoms with Crippen LogP contribution in [-0.2, 0) is 19.1 Å². The average Bonchev–Trinajstić information content (AvgIpc) is 1.07. The van der Waals surface area contributed by atoms with Crippen molar-refractivity contribution in [3.63, 3.8) is 0 Å². The number of ether oxygens (including phenoxy) is 5. The molecule has 3 fully saturated rings. The number of hydrogen-bond acceptors (Lipinski definition) is 19. The second kappa shape index (κ2) is 39.5. The van der Waals surface area contributed by atoms with E-state index in [4.69, 9.17) is 121 Å². The van der Waals surface area contributed by atoms with Crippen molar-refractivity contribution in [2.24, 2.45) is 5.73 Å². The zero-order chi connectivity index (χ0) is 77.1. The van der Waals surface area contributed by atoms with Crippen LogP contribution in [-0.4, -0.2) is 150 Å². The molecule has 2 amide bonds. The number of aromatic nitrogens is 9. The maximum Gasteiger partial charge on any atom is 0.248 e. The van der Waals surface area contributed by atoms with Gasteiger partial charge in [-0.15, -0.1) is 0 Å². The van der Waals surface area contributed by atoms with E-state index in [2.05, 4.69) is 41.8 Å². The van der Waals surface area contributed by atoms with Crippen molar-refractivity contribution < 1.29 is 42.8 Å². The van der Waals surface area contributed by atoms with E-state index in [1.54, 1.807) is 42.7 Å². The van der Waals surface area contributed by atoms with E-state index in [1.807, 2.05) is 108 Å². The minimum atomic E-state index is -0.685. The van der Waals surface area contributed by atoms with Crippen molar-refractivity contribution in [1.82, 2.24) is 59.4 Å². The van der Waals surface area contributed by atoms with Gasteiger partial charge in [0.2, 0.25) is 11.8 Å². The van der Waals surface area contributed by atoms with E-state index in [9.17, 15) is 14.0 Å². The van der Waals surface area contributed by atoms with Gasteiger partial charge in [0, 0.05) is 135 Å². The van der Waals surface area contributed by atoms with E-state index in [1.165, 1.54) is 12.1 Å². The van der Waals surface area contributed by atoms with Crippen LogP contribution in [0.1, 0.15) is 149 Å². The number of nitrogens with two attached hydrogens (primary N) is 4. The van der Waals surface area contributed by atoms with Crippen molar-refractivity contribution in [2.75, 3.05) is 96.0 Å². The highest BCUT2D eigenvalue weighted by Gasteiger charge is 2.29. The fourth-order valence-corrected chi connectivity index (χ4v) is 15.1. The number of benzene rings is 3. The Morgan fingerprint density at radius 1 is 0.519 bits per heavy atom. The van der Waals surface area contributed by atoms with Crippen molar-refractivity contribution >= 4 is 98.9 Å². The highest BCUT2D eigenvalue weighted by molar-refractivity contribution is 6.37. The van der Waals surface area contributed by atoms with E-state index in [-0.39, 0.29) is 71.5 Å². The number of nitrogens with zero attached hydrogens (tertiary/aromatic N) is 11. The number of aliphatic hydroxyl groups is 1. The summed E-state index contributed by atoms with van der Waals surface area (Å²) in [6.45, 7) is 15.6. The van der Waals surface area contributed by atoms with Crippen LogP contribution in [0.15, 0.2) is 110 Å². The summed E-state index contributed by atoms with van der Waals surface area (Å²) in [4.78, 5) is 41.6. The summed E-state index contributed by atoms with van der Waals surface area (Å²) in [6.07, 6.45) is 23.9. The van der Waals surface area contributed by atoms with Crippen LogP contribution in [0.3, 0.4) is 0 Å². The molecule has 108 heavy (non-hydrogen) atoms. The third kappa shape index (κ3) is 21.5. The maximum atomic E-state index is 14.0. The number of carbonyl (C=O) groups excluding carboxylic acids is 2. The molecule has 0 bridgehead atoms. The molecule has 10 N–H and O–H groups in total. The molecule has 3 aromatic carbocycles. The predicted molar refractivity (Wildman–Crippen MR) is 423 cm³/mol. The summed E-state index contributed by atoms with van der Waals surface area (Å²) >= 11 is 38.2. The third-order valence-corrected chi connectivity index (χ3v) is 21.7. The van der Waals surface area contributed by atoms with Crippen LogP contribution in [0.25, 0.3) is 33.4 Å². The molecule has 0 radical (unpaired) electrons. The smallest absolute Gasteiger partial charge is 0.248 e. The van der Waals surface area contributed by atoms with E-state index >= 15 is 0 Å². The number of pyridine rings is 3. The van der Waals surface area contributed by atoms with E-state index in [0.29, 0.717) is 99.6 Å². The largest absolute Gasteiger partial charge is 0.482 e. The molecule has 0 saturated carbocycles.